The van der Waals surface area contributed by atoms with Crippen molar-refractivity contribution in [3.8, 4) is 0 Å². The number of hydrogen-bond acceptors (Lipinski definition) is 3. The predicted octanol–water partition coefficient (Wildman–Crippen LogP) is 1.33. The van der Waals surface area contributed by atoms with Gasteiger partial charge < -0.3 is 15.4 Å². The summed E-state index contributed by atoms with van der Waals surface area (Å²) in [5.74, 6) is -0.0597. The number of benzene rings is 1. The minimum absolute atomic E-state index is 0.0597. The molecule has 0 radical (unpaired) electrons. The molecule has 1 amide bonds. The summed E-state index contributed by atoms with van der Waals surface area (Å²) in [7, 11) is 0. The van der Waals surface area contributed by atoms with Crippen LogP contribution in [-0.2, 0) is 29.2 Å². The standard InChI is InChI=1S/C14H20N2O2/c1-3-18-10(2)14(17)16-7-11-4-5-12-8-15-9-13(12)6-11/h4-6,10,15H,3,7-9H2,1-2H3,(H,16,17). The second-order valence-electron chi connectivity index (χ2n) is 4.52. The molecule has 0 saturated carbocycles. The molecule has 0 fully saturated rings. The van der Waals surface area contributed by atoms with Crippen molar-refractivity contribution in [3.63, 3.8) is 0 Å². The first kappa shape index (κ1) is 13.1. The third-order valence-corrected chi connectivity index (χ3v) is 3.15. The molecule has 1 heterocycles. The summed E-state index contributed by atoms with van der Waals surface area (Å²) in [6.45, 7) is 6.64. The lowest BCUT2D eigenvalue weighted by Gasteiger charge is -2.12. The van der Waals surface area contributed by atoms with E-state index in [1.807, 2.05) is 6.92 Å². The third kappa shape index (κ3) is 3.09. The van der Waals surface area contributed by atoms with Gasteiger partial charge in [-0.15, -0.1) is 0 Å². The highest BCUT2D eigenvalue weighted by molar-refractivity contribution is 5.80. The van der Waals surface area contributed by atoms with Gasteiger partial charge in [0.15, 0.2) is 0 Å². The van der Waals surface area contributed by atoms with Gasteiger partial charge in [-0.2, -0.15) is 0 Å². The average molecular weight is 248 g/mol. The normalized spacial score (nSPS) is 15.2. The van der Waals surface area contributed by atoms with Gasteiger partial charge in [0.25, 0.3) is 0 Å². The van der Waals surface area contributed by atoms with Crippen molar-refractivity contribution in [1.29, 1.82) is 0 Å². The van der Waals surface area contributed by atoms with Crippen LogP contribution in [0.3, 0.4) is 0 Å². The Morgan fingerprint density at radius 3 is 3.00 bits per heavy atom. The van der Waals surface area contributed by atoms with Gasteiger partial charge in [-0.1, -0.05) is 18.2 Å². The van der Waals surface area contributed by atoms with Crippen molar-refractivity contribution in [2.24, 2.45) is 0 Å². The number of ether oxygens (including phenoxy) is 1. The Hall–Kier alpha value is -1.39. The molecule has 0 saturated heterocycles. The number of carbonyl (C=O) groups is 1. The molecule has 0 bridgehead atoms. The summed E-state index contributed by atoms with van der Waals surface area (Å²) >= 11 is 0. The van der Waals surface area contributed by atoms with E-state index < -0.39 is 0 Å². The van der Waals surface area contributed by atoms with Crippen LogP contribution in [0.25, 0.3) is 0 Å². The van der Waals surface area contributed by atoms with Crippen LogP contribution in [0.1, 0.15) is 30.5 Å². The summed E-state index contributed by atoms with van der Waals surface area (Å²) < 4.78 is 5.24. The van der Waals surface area contributed by atoms with Crippen molar-refractivity contribution in [2.75, 3.05) is 6.61 Å². The fourth-order valence-electron chi connectivity index (χ4n) is 2.12. The zero-order valence-electron chi connectivity index (χ0n) is 11.0. The monoisotopic (exact) mass is 248 g/mol. The maximum Gasteiger partial charge on any atom is 0.249 e. The van der Waals surface area contributed by atoms with Crippen LogP contribution in [-0.4, -0.2) is 18.6 Å². The van der Waals surface area contributed by atoms with Crippen LogP contribution in [0, 0.1) is 0 Å². The first-order valence-electron chi connectivity index (χ1n) is 6.41. The second kappa shape index (κ2) is 5.98. The molecule has 2 rings (SSSR count). The summed E-state index contributed by atoms with van der Waals surface area (Å²) in [6.07, 6.45) is -0.383. The number of hydrogen-bond donors (Lipinski definition) is 2. The molecule has 1 unspecified atom stereocenters. The molecule has 0 aromatic heterocycles. The lowest BCUT2D eigenvalue weighted by atomic mass is 10.1. The van der Waals surface area contributed by atoms with Crippen molar-refractivity contribution in [1.82, 2.24) is 10.6 Å². The second-order valence-corrected chi connectivity index (χ2v) is 4.52. The Morgan fingerprint density at radius 2 is 2.22 bits per heavy atom. The molecule has 0 aliphatic carbocycles. The largest absolute Gasteiger partial charge is 0.369 e. The van der Waals surface area contributed by atoms with Crippen molar-refractivity contribution < 1.29 is 9.53 Å². The Kier molecular flexibility index (Phi) is 4.33. The summed E-state index contributed by atoms with van der Waals surface area (Å²) in [5, 5.41) is 6.20. The van der Waals surface area contributed by atoms with Crippen LogP contribution < -0.4 is 10.6 Å². The molecule has 98 valence electrons. The first-order chi connectivity index (χ1) is 8.70. The molecular weight excluding hydrogens is 228 g/mol. The van der Waals surface area contributed by atoms with E-state index in [-0.39, 0.29) is 12.0 Å². The zero-order valence-corrected chi connectivity index (χ0v) is 11.0. The third-order valence-electron chi connectivity index (χ3n) is 3.15. The van der Waals surface area contributed by atoms with E-state index in [1.165, 1.54) is 11.1 Å². The average Bonchev–Trinajstić information content (AvgIpc) is 2.83. The fraction of sp³-hybridized carbons (Fsp3) is 0.500. The van der Waals surface area contributed by atoms with Crippen LogP contribution in [0.2, 0.25) is 0 Å². The Morgan fingerprint density at radius 1 is 1.44 bits per heavy atom. The molecule has 1 aliphatic heterocycles. The van der Waals surface area contributed by atoms with Crippen LogP contribution in [0.5, 0.6) is 0 Å². The molecule has 1 atom stereocenters. The van der Waals surface area contributed by atoms with Gasteiger partial charge >= 0.3 is 0 Å². The predicted molar refractivity (Wildman–Crippen MR) is 69.9 cm³/mol. The van der Waals surface area contributed by atoms with E-state index in [0.29, 0.717) is 13.2 Å². The molecular formula is C14H20N2O2. The van der Waals surface area contributed by atoms with Crippen LogP contribution >= 0.6 is 0 Å². The van der Waals surface area contributed by atoms with Crippen molar-refractivity contribution >= 4 is 5.91 Å². The molecule has 4 heteroatoms. The van der Waals surface area contributed by atoms with E-state index in [1.54, 1.807) is 6.92 Å². The van der Waals surface area contributed by atoms with Crippen molar-refractivity contribution in [2.45, 2.75) is 39.6 Å². The topological polar surface area (TPSA) is 50.4 Å². The molecule has 4 nitrogen and oxygen atoms in total. The fourth-order valence-corrected chi connectivity index (χ4v) is 2.12. The van der Waals surface area contributed by atoms with E-state index in [0.717, 1.165) is 18.7 Å². The molecule has 18 heavy (non-hydrogen) atoms. The van der Waals surface area contributed by atoms with Gasteiger partial charge in [0.2, 0.25) is 5.91 Å². The first-order valence-corrected chi connectivity index (χ1v) is 6.41. The lowest BCUT2D eigenvalue weighted by Crippen LogP contribution is -2.34. The van der Waals surface area contributed by atoms with E-state index in [2.05, 4.69) is 28.8 Å². The number of carbonyl (C=O) groups excluding carboxylic acids is 1. The highest BCUT2D eigenvalue weighted by Crippen LogP contribution is 2.16. The minimum Gasteiger partial charge on any atom is -0.369 e. The SMILES string of the molecule is CCOC(C)C(=O)NCc1ccc2c(c1)CNC2. The van der Waals surface area contributed by atoms with Gasteiger partial charge in [0, 0.05) is 26.2 Å². The van der Waals surface area contributed by atoms with Gasteiger partial charge in [-0.3, -0.25) is 4.79 Å². The van der Waals surface area contributed by atoms with Gasteiger partial charge in [-0.05, 0) is 30.5 Å². The maximum absolute atomic E-state index is 11.7. The minimum atomic E-state index is -0.383. The zero-order chi connectivity index (χ0) is 13.0. The van der Waals surface area contributed by atoms with Crippen LogP contribution in [0.15, 0.2) is 18.2 Å². The van der Waals surface area contributed by atoms with Gasteiger partial charge in [0.05, 0.1) is 0 Å². The van der Waals surface area contributed by atoms with Crippen molar-refractivity contribution in [3.05, 3.63) is 34.9 Å². The summed E-state index contributed by atoms with van der Waals surface area (Å²) in [5.41, 5.74) is 3.82. The molecule has 1 aliphatic rings. The molecule has 1 aromatic carbocycles. The number of fused-ring (bicyclic) bond motifs is 1. The smallest absolute Gasteiger partial charge is 0.249 e. The maximum atomic E-state index is 11.7. The number of rotatable bonds is 5. The summed E-state index contributed by atoms with van der Waals surface area (Å²) in [4.78, 5) is 11.7. The van der Waals surface area contributed by atoms with Gasteiger partial charge in [-0.25, -0.2) is 0 Å². The molecule has 2 N–H and O–H groups in total. The highest BCUT2D eigenvalue weighted by Gasteiger charge is 2.13. The molecule has 0 spiro atoms. The number of amides is 1. The number of nitrogens with one attached hydrogen (secondary N) is 2. The summed E-state index contributed by atoms with van der Waals surface area (Å²) in [6, 6.07) is 6.35. The van der Waals surface area contributed by atoms with E-state index in [9.17, 15) is 4.79 Å². The Balaban J connectivity index is 1.88. The Labute approximate surface area is 108 Å². The van der Waals surface area contributed by atoms with E-state index >= 15 is 0 Å². The molecule has 1 aromatic rings. The van der Waals surface area contributed by atoms with Gasteiger partial charge in [0.1, 0.15) is 6.10 Å². The lowest BCUT2D eigenvalue weighted by molar-refractivity contribution is -0.131. The highest BCUT2D eigenvalue weighted by atomic mass is 16.5. The Bertz CT molecular complexity index is 432. The van der Waals surface area contributed by atoms with E-state index in [4.69, 9.17) is 4.74 Å². The van der Waals surface area contributed by atoms with Crippen LogP contribution in [0.4, 0.5) is 0 Å². The quantitative estimate of drug-likeness (QED) is 0.826.